The van der Waals surface area contributed by atoms with Gasteiger partial charge in [0.25, 0.3) is 0 Å². The van der Waals surface area contributed by atoms with E-state index >= 15 is 0 Å². The van der Waals surface area contributed by atoms with Gasteiger partial charge in [-0.15, -0.1) is 0 Å². The van der Waals surface area contributed by atoms with Crippen LogP contribution in [0.4, 0.5) is 0 Å². The van der Waals surface area contributed by atoms with E-state index in [0.717, 1.165) is 16.9 Å². The lowest BCUT2D eigenvalue weighted by Crippen LogP contribution is -2.15. The minimum absolute atomic E-state index is 0.319. The summed E-state index contributed by atoms with van der Waals surface area (Å²) in [6.45, 7) is 6.52. The van der Waals surface area contributed by atoms with Crippen LogP contribution in [0.3, 0.4) is 0 Å². The Labute approximate surface area is 106 Å². The molecular weight excluding hydrogens is 236 g/mol. The molecule has 3 nitrogen and oxygen atoms in total. The van der Waals surface area contributed by atoms with Crippen molar-refractivity contribution in [3.05, 3.63) is 29.0 Å². The molecule has 0 fully saturated rings. The molecule has 92 valence electrons. The molecule has 0 aliphatic heterocycles. The molecule has 4 heteroatoms. The van der Waals surface area contributed by atoms with E-state index in [1.807, 2.05) is 18.2 Å². The highest BCUT2D eigenvalue weighted by molar-refractivity contribution is 6.31. The molecule has 2 rings (SSSR count). The molecule has 0 aliphatic rings. The highest BCUT2D eigenvalue weighted by Gasteiger charge is 2.15. The lowest BCUT2D eigenvalue weighted by atomic mass is 10.2. The first-order valence-corrected chi connectivity index (χ1v) is 6.20. The van der Waals surface area contributed by atoms with Crippen LogP contribution in [0.5, 0.6) is 0 Å². The van der Waals surface area contributed by atoms with Gasteiger partial charge in [-0.05, 0) is 25.1 Å². The molecule has 1 aromatic carbocycles. The molecule has 0 aliphatic carbocycles. The highest BCUT2D eigenvalue weighted by Crippen LogP contribution is 2.24. The van der Waals surface area contributed by atoms with Gasteiger partial charge in [0.1, 0.15) is 5.82 Å². The highest BCUT2D eigenvalue weighted by atomic mass is 35.5. The summed E-state index contributed by atoms with van der Waals surface area (Å²) in [5.74, 6) is 1.31. The molecular formula is C13H17ClN2O. The van der Waals surface area contributed by atoms with Gasteiger partial charge in [-0.3, -0.25) is 0 Å². The second-order valence-corrected chi connectivity index (χ2v) is 5.15. The van der Waals surface area contributed by atoms with E-state index in [1.165, 1.54) is 0 Å². The van der Waals surface area contributed by atoms with Gasteiger partial charge in [-0.2, -0.15) is 0 Å². The van der Waals surface area contributed by atoms with Crippen molar-refractivity contribution in [2.45, 2.75) is 39.3 Å². The van der Waals surface area contributed by atoms with Crippen molar-refractivity contribution >= 4 is 22.6 Å². The average molecular weight is 253 g/mol. The molecule has 1 N–H and O–H groups in total. The van der Waals surface area contributed by atoms with Gasteiger partial charge in [0.15, 0.2) is 0 Å². The SMILES string of the molecule is CC(O)Cn1c(C(C)C)nc2ccc(Cl)cc21. The number of aliphatic hydroxyl groups is 1. The number of benzene rings is 1. The number of hydrogen-bond acceptors (Lipinski definition) is 2. The van der Waals surface area contributed by atoms with Gasteiger partial charge in [0.05, 0.1) is 23.7 Å². The molecule has 1 atom stereocenters. The smallest absolute Gasteiger partial charge is 0.112 e. The van der Waals surface area contributed by atoms with Gasteiger partial charge in [0.2, 0.25) is 0 Å². The quantitative estimate of drug-likeness (QED) is 0.911. The van der Waals surface area contributed by atoms with Crippen LogP contribution in [-0.2, 0) is 6.54 Å². The number of nitrogens with zero attached hydrogens (tertiary/aromatic N) is 2. The van der Waals surface area contributed by atoms with Crippen molar-refractivity contribution in [2.75, 3.05) is 0 Å². The molecule has 17 heavy (non-hydrogen) atoms. The standard InChI is InChI=1S/C13H17ClN2O/c1-8(2)13-15-11-5-4-10(14)6-12(11)16(13)7-9(3)17/h4-6,8-9,17H,7H2,1-3H3. The summed E-state index contributed by atoms with van der Waals surface area (Å²) >= 11 is 6.01. The van der Waals surface area contributed by atoms with Gasteiger partial charge in [0, 0.05) is 10.9 Å². The molecule has 0 spiro atoms. The lowest BCUT2D eigenvalue weighted by molar-refractivity contribution is 0.173. The molecule has 0 saturated heterocycles. The normalized spacial score (nSPS) is 13.5. The molecule has 0 saturated carbocycles. The summed E-state index contributed by atoms with van der Waals surface area (Å²) in [6.07, 6.45) is -0.399. The predicted molar refractivity (Wildman–Crippen MR) is 70.5 cm³/mol. The van der Waals surface area contributed by atoms with Crippen LogP contribution in [0.2, 0.25) is 5.02 Å². The van der Waals surface area contributed by atoms with Crippen molar-refractivity contribution in [3.8, 4) is 0 Å². The van der Waals surface area contributed by atoms with Crippen molar-refractivity contribution in [1.82, 2.24) is 9.55 Å². The Kier molecular flexibility index (Phi) is 3.40. The molecule has 1 aromatic heterocycles. The van der Waals surface area contributed by atoms with Gasteiger partial charge < -0.3 is 9.67 Å². The van der Waals surface area contributed by atoms with E-state index in [4.69, 9.17) is 11.6 Å². The Morgan fingerprint density at radius 2 is 2.06 bits per heavy atom. The van der Waals surface area contributed by atoms with Crippen molar-refractivity contribution in [3.63, 3.8) is 0 Å². The Morgan fingerprint density at radius 3 is 2.65 bits per heavy atom. The zero-order valence-corrected chi connectivity index (χ0v) is 11.1. The van der Waals surface area contributed by atoms with Gasteiger partial charge in [-0.25, -0.2) is 4.98 Å². The number of halogens is 1. The number of rotatable bonds is 3. The van der Waals surface area contributed by atoms with Crippen molar-refractivity contribution in [2.24, 2.45) is 0 Å². The fourth-order valence-corrected chi connectivity index (χ4v) is 2.18. The number of aromatic nitrogens is 2. The zero-order chi connectivity index (χ0) is 12.6. The minimum Gasteiger partial charge on any atom is -0.392 e. The van der Waals surface area contributed by atoms with Crippen LogP contribution in [0.1, 0.15) is 32.5 Å². The summed E-state index contributed by atoms with van der Waals surface area (Å²) in [7, 11) is 0. The Balaban J connectivity index is 2.64. The molecule has 0 bridgehead atoms. The third kappa shape index (κ3) is 2.45. The van der Waals surface area contributed by atoms with E-state index in [2.05, 4.69) is 23.4 Å². The predicted octanol–water partition coefficient (Wildman–Crippen LogP) is 3.19. The lowest BCUT2D eigenvalue weighted by Gasteiger charge is -2.13. The Morgan fingerprint density at radius 1 is 1.35 bits per heavy atom. The summed E-state index contributed by atoms with van der Waals surface area (Å²) in [6, 6.07) is 5.66. The third-order valence-corrected chi connectivity index (χ3v) is 2.94. The maximum Gasteiger partial charge on any atom is 0.112 e. The third-order valence-electron chi connectivity index (χ3n) is 2.70. The van der Waals surface area contributed by atoms with E-state index in [-0.39, 0.29) is 0 Å². The van der Waals surface area contributed by atoms with Gasteiger partial charge >= 0.3 is 0 Å². The van der Waals surface area contributed by atoms with Gasteiger partial charge in [-0.1, -0.05) is 25.4 Å². The van der Waals surface area contributed by atoms with Crippen LogP contribution >= 0.6 is 11.6 Å². The second-order valence-electron chi connectivity index (χ2n) is 4.72. The van der Waals surface area contributed by atoms with Crippen LogP contribution in [0.15, 0.2) is 18.2 Å². The fourth-order valence-electron chi connectivity index (χ4n) is 2.01. The van der Waals surface area contributed by atoms with Crippen molar-refractivity contribution < 1.29 is 5.11 Å². The van der Waals surface area contributed by atoms with Crippen LogP contribution in [-0.4, -0.2) is 20.8 Å². The topological polar surface area (TPSA) is 38.0 Å². The maximum atomic E-state index is 9.58. The average Bonchev–Trinajstić information content (AvgIpc) is 2.56. The maximum absolute atomic E-state index is 9.58. The fraction of sp³-hybridized carbons (Fsp3) is 0.462. The number of imidazole rings is 1. The molecule has 1 heterocycles. The summed E-state index contributed by atoms with van der Waals surface area (Å²) in [4.78, 5) is 4.60. The summed E-state index contributed by atoms with van der Waals surface area (Å²) in [5.41, 5.74) is 1.92. The van der Waals surface area contributed by atoms with Crippen LogP contribution in [0.25, 0.3) is 11.0 Å². The first-order chi connectivity index (χ1) is 7.99. The summed E-state index contributed by atoms with van der Waals surface area (Å²) < 4.78 is 2.05. The molecule has 0 amide bonds. The Bertz CT molecular complexity index is 531. The molecule has 2 aromatic rings. The van der Waals surface area contributed by atoms with Crippen molar-refractivity contribution in [1.29, 1.82) is 0 Å². The first kappa shape index (κ1) is 12.4. The summed E-state index contributed by atoms with van der Waals surface area (Å²) in [5, 5.41) is 10.3. The number of aliphatic hydroxyl groups excluding tert-OH is 1. The second kappa shape index (κ2) is 4.67. The zero-order valence-electron chi connectivity index (χ0n) is 10.3. The van der Waals surface area contributed by atoms with Crippen LogP contribution in [0, 0.1) is 0 Å². The largest absolute Gasteiger partial charge is 0.392 e. The number of hydrogen-bond donors (Lipinski definition) is 1. The monoisotopic (exact) mass is 252 g/mol. The molecule has 0 radical (unpaired) electrons. The van der Waals surface area contributed by atoms with Crippen LogP contribution < -0.4 is 0 Å². The van der Waals surface area contributed by atoms with E-state index in [0.29, 0.717) is 17.5 Å². The molecule has 1 unspecified atom stereocenters. The first-order valence-electron chi connectivity index (χ1n) is 5.82. The van der Waals surface area contributed by atoms with E-state index in [9.17, 15) is 5.11 Å². The minimum atomic E-state index is -0.399. The van der Waals surface area contributed by atoms with E-state index < -0.39 is 6.10 Å². The Hall–Kier alpha value is -1.06. The number of fused-ring (bicyclic) bond motifs is 1. The van der Waals surface area contributed by atoms with E-state index in [1.54, 1.807) is 6.92 Å².